The van der Waals surface area contributed by atoms with Crippen LogP contribution in [0.25, 0.3) is 10.8 Å². The fraction of sp³-hybridized carbons (Fsp3) is 0.351. The minimum Gasteiger partial charge on any atom is -0.462 e. The van der Waals surface area contributed by atoms with Crippen molar-refractivity contribution in [1.29, 1.82) is 0 Å². The van der Waals surface area contributed by atoms with E-state index in [1.165, 1.54) is 16.3 Å². The molecular formula is C37H40ClNO6. The molecule has 0 radical (unpaired) electrons. The van der Waals surface area contributed by atoms with Crippen molar-refractivity contribution < 1.29 is 28.6 Å². The van der Waals surface area contributed by atoms with E-state index in [4.69, 9.17) is 30.6 Å². The number of ether oxygens (including phenoxy) is 3. The van der Waals surface area contributed by atoms with Crippen LogP contribution in [0.2, 0.25) is 5.02 Å². The first-order chi connectivity index (χ1) is 21.6. The summed E-state index contributed by atoms with van der Waals surface area (Å²) >= 11 is 6.10. The molecule has 0 saturated carbocycles. The van der Waals surface area contributed by atoms with Crippen LogP contribution >= 0.6 is 11.6 Å². The van der Waals surface area contributed by atoms with Crippen molar-refractivity contribution in [3.63, 3.8) is 0 Å². The second-order valence-electron chi connectivity index (χ2n) is 12.3. The number of esters is 1. The molecule has 1 aliphatic heterocycles. The first-order valence-electron chi connectivity index (χ1n) is 15.4. The highest BCUT2D eigenvalue weighted by Crippen LogP contribution is 2.32. The molecule has 0 N–H and O–H groups in total. The van der Waals surface area contributed by atoms with Gasteiger partial charge in [0.1, 0.15) is 5.60 Å². The van der Waals surface area contributed by atoms with Crippen molar-refractivity contribution in [1.82, 2.24) is 5.06 Å². The molecule has 236 valence electrons. The first-order valence-corrected chi connectivity index (χ1v) is 15.8. The Labute approximate surface area is 269 Å². The van der Waals surface area contributed by atoms with Gasteiger partial charge in [-0.25, -0.2) is 9.59 Å². The number of carbonyl (C=O) groups excluding carboxylic acids is 2. The average Bonchev–Trinajstić information content (AvgIpc) is 3.01. The number of fused-ring (bicyclic) bond motifs is 1. The standard InChI is InChI=1S/C37H40ClNO6/c1-37(2,3)44-36(41)45-39-21-20-31(34(24-39)43-25-27-16-17-28-10-4-5-11-30(28)23-27)29-18-14-26(15-19-29)9-8-22-42-35(40)32-12-6-7-13-33(32)38/h4-7,10-19,23,31,34H,8-9,20-22,24-25H2,1-3H3. The first kappa shape index (κ1) is 32.5. The number of rotatable bonds is 10. The minimum atomic E-state index is -0.712. The zero-order valence-electron chi connectivity index (χ0n) is 26.0. The van der Waals surface area contributed by atoms with Crippen LogP contribution < -0.4 is 0 Å². The Morgan fingerprint density at radius 1 is 0.889 bits per heavy atom. The monoisotopic (exact) mass is 629 g/mol. The Hall–Kier alpha value is -3.91. The fourth-order valence-electron chi connectivity index (χ4n) is 5.50. The molecule has 2 atom stereocenters. The molecule has 0 aromatic heterocycles. The number of hydrogen-bond acceptors (Lipinski definition) is 7. The van der Waals surface area contributed by atoms with E-state index in [9.17, 15) is 9.59 Å². The minimum absolute atomic E-state index is 0.120. The number of benzene rings is 4. The van der Waals surface area contributed by atoms with Gasteiger partial charge in [-0.1, -0.05) is 84.4 Å². The number of halogens is 1. The van der Waals surface area contributed by atoms with Crippen molar-refractivity contribution in [2.75, 3.05) is 19.7 Å². The molecule has 1 aliphatic rings. The highest BCUT2D eigenvalue weighted by Gasteiger charge is 2.34. The van der Waals surface area contributed by atoms with Gasteiger partial charge in [0.25, 0.3) is 0 Å². The van der Waals surface area contributed by atoms with Crippen LogP contribution in [0.15, 0.2) is 91.0 Å². The smallest absolute Gasteiger partial charge is 0.462 e. The van der Waals surface area contributed by atoms with Crippen LogP contribution in [0.5, 0.6) is 0 Å². The van der Waals surface area contributed by atoms with Crippen molar-refractivity contribution >= 4 is 34.5 Å². The van der Waals surface area contributed by atoms with E-state index >= 15 is 0 Å². The molecule has 2 unspecified atom stereocenters. The summed E-state index contributed by atoms with van der Waals surface area (Å²) < 4.78 is 17.3. The molecule has 5 rings (SSSR count). The summed E-state index contributed by atoms with van der Waals surface area (Å²) in [6, 6.07) is 30.0. The molecule has 4 aromatic carbocycles. The SMILES string of the molecule is CC(C)(C)OC(=O)ON1CCC(c2ccc(CCCOC(=O)c3ccccc3Cl)cc2)C(OCc2ccc3ccccc3c2)C1. The van der Waals surface area contributed by atoms with Gasteiger partial charge in [0.2, 0.25) is 0 Å². The maximum Gasteiger partial charge on any atom is 0.528 e. The number of hydroxylamine groups is 2. The Balaban J connectivity index is 1.20. The zero-order valence-corrected chi connectivity index (χ0v) is 26.8. The second kappa shape index (κ2) is 14.9. The Kier molecular flexibility index (Phi) is 10.8. The predicted molar refractivity (Wildman–Crippen MR) is 175 cm³/mol. The number of aryl methyl sites for hydroxylation is 1. The van der Waals surface area contributed by atoms with Crippen LogP contribution in [0, 0.1) is 0 Å². The van der Waals surface area contributed by atoms with Crippen LogP contribution in [-0.4, -0.2) is 48.6 Å². The summed E-state index contributed by atoms with van der Waals surface area (Å²) in [5.41, 5.74) is 3.16. The van der Waals surface area contributed by atoms with Crippen molar-refractivity contribution in [2.24, 2.45) is 0 Å². The van der Waals surface area contributed by atoms with Gasteiger partial charge in [-0.05, 0) is 85.7 Å². The van der Waals surface area contributed by atoms with Gasteiger partial charge in [0.15, 0.2) is 0 Å². The molecule has 1 saturated heterocycles. The average molecular weight is 630 g/mol. The summed E-state index contributed by atoms with van der Waals surface area (Å²) in [6.45, 7) is 7.19. The molecule has 7 nitrogen and oxygen atoms in total. The maximum atomic E-state index is 12.4. The van der Waals surface area contributed by atoms with E-state index in [0.717, 1.165) is 24.0 Å². The van der Waals surface area contributed by atoms with E-state index in [-0.39, 0.29) is 12.0 Å². The maximum absolute atomic E-state index is 12.4. The molecule has 45 heavy (non-hydrogen) atoms. The topological polar surface area (TPSA) is 74.3 Å². The quantitative estimate of drug-likeness (QED) is 0.129. The molecule has 0 aliphatic carbocycles. The molecule has 0 spiro atoms. The van der Waals surface area contributed by atoms with Crippen LogP contribution in [-0.2, 0) is 32.1 Å². The van der Waals surface area contributed by atoms with Crippen LogP contribution in [0.1, 0.15) is 66.6 Å². The highest BCUT2D eigenvalue weighted by atomic mass is 35.5. The number of hydrogen-bond donors (Lipinski definition) is 0. The van der Waals surface area contributed by atoms with Crippen LogP contribution in [0.3, 0.4) is 0 Å². The summed E-state index contributed by atoms with van der Waals surface area (Å²) in [7, 11) is 0. The zero-order chi connectivity index (χ0) is 31.8. The van der Waals surface area contributed by atoms with Crippen molar-refractivity contribution in [3.05, 3.63) is 118 Å². The predicted octanol–water partition coefficient (Wildman–Crippen LogP) is 8.52. The largest absolute Gasteiger partial charge is 0.528 e. The lowest BCUT2D eigenvalue weighted by Crippen LogP contribution is -2.45. The highest BCUT2D eigenvalue weighted by molar-refractivity contribution is 6.33. The van der Waals surface area contributed by atoms with Gasteiger partial charge in [-0.2, -0.15) is 0 Å². The van der Waals surface area contributed by atoms with E-state index < -0.39 is 17.7 Å². The molecule has 0 bridgehead atoms. The van der Waals surface area contributed by atoms with Gasteiger partial charge >= 0.3 is 12.1 Å². The van der Waals surface area contributed by atoms with Gasteiger partial charge in [0, 0.05) is 12.5 Å². The number of carbonyl (C=O) groups is 2. The lowest BCUT2D eigenvalue weighted by molar-refractivity contribution is -0.179. The third-order valence-corrected chi connectivity index (χ3v) is 8.07. The van der Waals surface area contributed by atoms with Crippen LogP contribution in [0.4, 0.5) is 4.79 Å². The van der Waals surface area contributed by atoms with E-state index in [1.54, 1.807) is 29.3 Å². The summed E-state index contributed by atoms with van der Waals surface area (Å²) in [4.78, 5) is 30.3. The fourth-order valence-corrected chi connectivity index (χ4v) is 5.72. The summed E-state index contributed by atoms with van der Waals surface area (Å²) in [6.07, 6.45) is 1.31. The molecule has 1 fully saturated rings. The van der Waals surface area contributed by atoms with Crippen molar-refractivity contribution in [2.45, 2.75) is 64.3 Å². The Morgan fingerprint density at radius 3 is 2.36 bits per heavy atom. The number of nitrogens with zero attached hydrogens (tertiary/aromatic N) is 1. The molecule has 1 heterocycles. The molecule has 4 aromatic rings. The molecule has 0 amide bonds. The summed E-state index contributed by atoms with van der Waals surface area (Å²) in [5.74, 6) is -0.290. The van der Waals surface area contributed by atoms with Gasteiger partial charge in [0.05, 0.1) is 36.4 Å². The third-order valence-electron chi connectivity index (χ3n) is 7.74. The number of piperidine rings is 1. The molecule has 8 heteroatoms. The Bertz CT molecular complexity index is 1600. The van der Waals surface area contributed by atoms with Gasteiger partial charge in [-0.15, -0.1) is 5.06 Å². The molecular weight excluding hydrogens is 590 g/mol. The lowest BCUT2D eigenvalue weighted by Gasteiger charge is -2.37. The normalized spacial score (nSPS) is 17.2. The van der Waals surface area contributed by atoms with E-state index in [2.05, 4.69) is 54.6 Å². The Morgan fingerprint density at radius 2 is 1.60 bits per heavy atom. The third kappa shape index (κ3) is 9.30. The second-order valence-corrected chi connectivity index (χ2v) is 12.7. The van der Waals surface area contributed by atoms with E-state index in [0.29, 0.717) is 43.3 Å². The van der Waals surface area contributed by atoms with Gasteiger partial charge < -0.3 is 19.0 Å². The van der Waals surface area contributed by atoms with Gasteiger partial charge in [-0.3, -0.25) is 0 Å². The van der Waals surface area contributed by atoms with Crippen molar-refractivity contribution in [3.8, 4) is 0 Å². The van der Waals surface area contributed by atoms with E-state index in [1.807, 2.05) is 32.9 Å². The lowest BCUT2D eigenvalue weighted by atomic mass is 9.87. The summed E-state index contributed by atoms with van der Waals surface area (Å²) in [5, 5.41) is 4.39.